The van der Waals surface area contributed by atoms with Crippen LogP contribution in [0.1, 0.15) is 81.9 Å². The Bertz CT molecular complexity index is 3320. The van der Waals surface area contributed by atoms with Crippen molar-refractivity contribution in [1.82, 2.24) is 10.2 Å². The van der Waals surface area contributed by atoms with E-state index >= 15 is 0 Å². The molecule has 17 heteroatoms. The van der Waals surface area contributed by atoms with Crippen LogP contribution in [0.25, 0.3) is 0 Å². The van der Waals surface area contributed by atoms with E-state index in [1.54, 1.807) is 12.1 Å². The maximum atomic E-state index is 14.2. The Morgan fingerprint density at radius 1 is 0.811 bits per heavy atom. The highest BCUT2D eigenvalue weighted by atomic mass is 35.5. The highest BCUT2D eigenvalue weighted by Gasteiger charge is 2.57. The molecule has 3 atom stereocenters. The molecule has 0 radical (unpaired) electrons. The molecule has 11 rings (SSSR count). The van der Waals surface area contributed by atoms with E-state index in [9.17, 15) is 24.3 Å². The Morgan fingerprint density at radius 2 is 1.57 bits per heavy atom. The lowest BCUT2D eigenvalue weighted by atomic mass is 9.76. The van der Waals surface area contributed by atoms with E-state index in [1.165, 1.54) is 22.2 Å². The lowest BCUT2D eigenvalue weighted by Crippen LogP contribution is -2.70. The van der Waals surface area contributed by atoms with E-state index in [0.717, 1.165) is 66.7 Å². The van der Waals surface area contributed by atoms with Crippen molar-refractivity contribution >= 4 is 93.3 Å². The number of carboxylic acid groups (broad SMARTS) is 1. The number of carboxylic acids is 1. The number of aliphatic carboxylic acids is 1. The minimum Gasteiger partial charge on any atom is -0.489 e. The van der Waals surface area contributed by atoms with Gasteiger partial charge >= 0.3 is 11.9 Å². The largest absolute Gasteiger partial charge is 0.489 e. The molecule has 0 aromatic heterocycles. The van der Waals surface area contributed by atoms with Crippen molar-refractivity contribution in [3.05, 3.63) is 185 Å². The number of nitrogens with one attached hydrogen (secondary N) is 1. The van der Waals surface area contributed by atoms with Gasteiger partial charge in [-0.2, -0.15) is 0 Å². The van der Waals surface area contributed by atoms with Crippen molar-refractivity contribution in [2.24, 2.45) is 0 Å². The number of fused-ring (bicyclic) bond motifs is 8. The van der Waals surface area contributed by atoms with E-state index in [2.05, 4.69) is 29.3 Å². The van der Waals surface area contributed by atoms with Crippen LogP contribution in [0.2, 0.25) is 20.1 Å². The summed E-state index contributed by atoms with van der Waals surface area (Å²) < 4.78 is 26.2. The highest BCUT2D eigenvalue weighted by Crippen LogP contribution is 2.62. The van der Waals surface area contributed by atoms with Crippen molar-refractivity contribution in [2.75, 3.05) is 23.8 Å². The molecule has 1 saturated heterocycles. The normalized spacial score (nSPS) is 18.9. The van der Waals surface area contributed by atoms with Gasteiger partial charge in [0.05, 0.1) is 32.1 Å². The zero-order chi connectivity index (χ0) is 51.4. The van der Waals surface area contributed by atoms with Crippen LogP contribution >= 0.6 is 58.2 Å². The number of para-hydroxylation sites is 1. The monoisotopic (exact) mass is 1090 g/mol. The number of rotatable bonds is 16. The Kier molecular flexibility index (Phi) is 13.7. The van der Waals surface area contributed by atoms with Crippen molar-refractivity contribution in [2.45, 2.75) is 75.5 Å². The van der Waals surface area contributed by atoms with Crippen molar-refractivity contribution in [1.29, 1.82) is 0 Å². The van der Waals surface area contributed by atoms with Crippen LogP contribution in [0.15, 0.2) is 120 Å². The van der Waals surface area contributed by atoms with Gasteiger partial charge in [0.2, 0.25) is 5.91 Å². The predicted molar refractivity (Wildman–Crippen MR) is 286 cm³/mol. The van der Waals surface area contributed by atoms with Gasteiger partial charge in [0.25, 0.3) is 5.91 Å². The summed E-state index contributed by atoms with van der Waals surface area (Å²) >= 11 is 28.7. The number of hydrogen-bond acceptors (Lipinski definition) is 10. The number of thioether (sulfide) groups is 1. The van der Waals surface area contributed by atoms with Crippen LogP contribution in [0.3, 0.4) is 0 Å². The lowest BCUT2D eigenvalue weighted by Gasteiger charge is -2.49. The summed E-state index contributed by atoms with van der Waals surface area (Å²) in [6, 6.07) is 33.6. The number of nitrogens with zero attached hydrogens (tertiary/aromatic N) is 2. The second-order valence-corrected chi connectivity index (χ2v) is 21.4. The summed E-state index contributed by atoms with van der Waals surface area (Å²) in [5.74, 6) is -0.533. The molecule has 12 nitrogen and oxygen atoms in total. The van der Waals surface area contributed by atoms with Crippen LogP contribution in [0, 0.1) is 0 Å². The zero-order valence-electron chi connectivity index (χ0n) is 39.9. The summed E-state index contributed by atoms with van der Waals surface area (Å²) in [6.45, 7) is 3.03. The lowest BCUT2D eigenvalue weighted by molar-refractivity contribution is -0.150. The van der Waals surface area contributed by atoms with Crippen LogP contribution in [-0.2, 0) is 50.6 Å². The third kappa shape index (κ3) is 8.79. The number of benzene rings is 6. The number of anilines is 2. The summed E-state index contributed by atoms with van der Waals surface area (Å²) in [7, 11) is 0. The van der Waals surface area contributed by atoms with Gasteiger partial charge in [-0.3, -0.25) is 14.5 Å². The van der Waals surface area contributed by atoms with E-state index in [0.29, 0.717) is 51.9 Å². The van der Waals surface area contributed by atoms with E-state index in [4.69, 9.17) is 65.4 Å². The van der Waals surface area contributed by atoms with Gasteiger partial charge in [-0.1, -0.05) is 133 Å². The Morgan fingerprint density at radius 3 is 2.35 bits per heavy atom. The molecular formula is C57H47Cl4N3O9S. The van der Waals surface area contributed by atoms with E-state index < -0.39 is 34.9 Å². The number of carbonyl (C=O) groups is 4. The number of esters is 1. The van der Waals surface area contributed by atoms with Gasteiger partial charge in [0.1, 0.15) is 53.3 Å². The van der Waals surface area contributed by atoms with Crippen LogP contribution in [0.4, 0.5) is 11.4 Å². The Labute approximate surface area is 451 Å². The van der Waals surface area contributed by atoms with Gasteiger partial charge in [0, 0.05) is 58.1 Å². The van der Waals surface area contributed by atoms with Crippen molar-refractivity contribution in [3.63, 3.8) is 0 Å². The first-order valence-electron chi connectivity index (χ1n) is 24.4. The fraction of sp³-hybridized carbons (Fsp3) is 0.263. The molecule has 5 heterocycles. The van der Waals surface area contributed by atoms with Gasteiger partial charge in [-0.25, -0.2) is 9.59 Å². The predicted octanol–water partition coefficient (Wildman–Crippen LogP) is 12.6. The van der Waals surface area contributed by atoms with E-state index in [-0.39, 0.29) is 62.5 Å². The molecule has 1 fully saturated rings. The first kappa shape index (κ1) is 49.8. The molecule has 6 aromatic carbocycles. The number of halogens is 4. The average Bonchev–Trinajstić information content (AvgIpc) is 3.99. The molecule has 5 aliphatic heterocycles. The number of unbranched alkanes of at least 4 members (excludes halogenated alkanes) is 3. The Hall–Kier alpha value is -6.35. The first-order chi connectivity index (χ1) is 35.9. The topological polar surface area (TPSA) is 144 Å². The fourth-order valence-electron chi connectivity index (χ4n) is 10.5. The molecule has 5 aliphatic rings. The maximum Gasteiger partial charge on any atom is 0.352 e. The van der Waals surface area contributed by atoms with E-state index in [1.807, 2.05) is 84.9 Å². The third-order valence-corrected chi connectivity index (χ3v) is 17.3. The van der Waals surface area contributed by atoms with Gasteiger partial charge < -0.3 is 34.3 Å². The zero-order valence-corrected chi connectivity index (χ0v) is 43.7. The summed E-state index contributed by atoms with van der Waals surface area (Å²) in [6.07, 6.45) is 5.58. The molecule has 6 aromatic rings. The van der Waals surface area contributed by atoms with Gasteiger partial charge in [0.15, 0.2) is 5.60 Å². The van der Waals surface area contributed by atoms with Crippen molar-refractivity contribution < 1.29 is 43.2 Å². The molecule has 74 heavy (non-hydrogen) atoms. The second-order valence-electron chi connectivity index (χ2n) is 18.8. The number of β-lactam (4-membered cyclic amide) rings is 1. The quantitative estimate of drug-likeness (QED) is 0.0314. The number of hydrogen-bond donors (Lipinski definition) is 2. The van der Waals surface area contributed by atoms with Gasteiger partial charge in [-0.05, 0) is 77.9 Å². The Balaban J connectivity index is 0.858. The SMILES string of the molecule is CCCCCCc1cc2c(cc1OCc1ccc(OCC3=C(C(=O)O)N4C(=O)[C@H](NC(=O)Cc5ccccc5)C4SC3)cc1)Oc1cc(N3CCc4ccccc43)ccc1C21OC(=O)c2c(Cl)c(Cl)c(Cl)c(Cl)c21. The molecule has 0 saturated carbocycles. The smallest absolute Gasteiger partial charge is 0.352 e. The maximum absolute atomic E-state index is 14.2. The minimum atomic E-state index is -1.62. The van der Waals surface area contributed by atoms with Gasteiger partial charge in [-0.15, -0.1) is 11.8 Å². The minimum absolute atomic E-state index is 0.00135. The number of aryl methyl sites for hydroxylation is 1. The van der Waals surface area contributed by atoms with Crippen LogP contribution in [-0.4, -0.2) is 64.1 Å². The number of amides is 2. The molecule has 0 bridgehead atoms. The molecular weight excluding hydrogens is 1040 g/mol. The third-order valence-electron chi connectivity index (χ3n) is 14.2. The average molecular weight is 1090 g/mol. The van der Waals surface area contributed by atoms with Crippen LogP contribution < -0.4 is 24.4 Å². The molecule has 0 aliphatic carbocycles. The summed E-state index contributed by atoms with van der Waals surface area (Å²) in [4.78, 5) is 56.3. The number of carbonyl (C=O) groups excluding carboxylic acids is 3. The summed E-state index contributed by atoms with van der Waals surface area (Å²) in [5.41, 5.74) is 5.82. The number of ether oxygens (including phenoxy) is 4. The highest BCUT2D eigenvalue weighted by molar-refractivity contribution is 8.00. The van der Waals surface area contributed by atoms with Crippen LogP contribution in [0.5, 0.6) is 23.0 Å². The van der Waals surface area contributed by atoms with Crippen molar-refractivity contribution in [3.8, 4) is 23.0 Å². The first-order valence-corrected chi connectivity index (χ1v) is 26.9. The molecule has 378 valence electrons. The molecule has 2 unspecified atom stereocenters. The summed E-state index contributed by atoms with van der Waals surface area (Å²) in [5, 5.41) is 12.5. The fourth-order valence-corrected chi connectivity index (χ4v) is 12.9. The standard InChI is InChI=1S/C57H47Cl4N3O9S/c1-2-3-4-8-14-34-25-39-43(72-42-26-36(63-23-22-33-13-9-10-15-40(33)63)18-21-38(42)57(39)46-45(56(69)73-57)47(58)49(60)50(61)48(46)59)27-41(34)71-28-32-16-19-37(20-17-32)70-29-35-30-74-54-51(53(66)64(54)52(35)55(67)68)62-44(65)24-31-11-6-5-7-12-31/h5-7,9-13,15-21,25-27,51,54H,2-4,8,14,22-24,28-30H2,1H3,(H,62,65)(H,67,68)/t51-,54?,57?/m0/s1. The second kappa shape index (κ2) is 20.4. The molecule has 2 N–H and O–H groups in total. The molecule has 2 amide bonds. The molecule has 1 spiro atoms.